The molecule has 3 heterocycles. The zero-order valence-electron chi connectivity index (χ0n) is 20.7. The largest absolute Gasteiger partial charge is 0.416 e. The number of rotatable bonds is 4. The molecule has 206 valence electrons. The van der Waals surface area contributed by atoms with Gasteiger partial charge in [0.2, 0.25) is 10.0 Å². The highest BCUT2D eigenvalue weighted by Crippen LogP contribution is 2.35. The molecule has 0 saturated carbocycles. The van der Waals surface area contributed by atoms with Gasteiger partial charge in [-0.3, -0.25) is 9.48 Å². The van der Waals surface area contributed by atoms with E-state index in [0.717, 1.165) is 11.6 Å². The topological polar surface area (TPSA) is 87.9 Å². The van der Waals surface area contributed by atoms with E-state index in [-0.39, 0.29) is 23.0 Å². The van der Waals surface area contributed by atoms with Crippen LogP contribution in [-0.2, 0) is 27.5 Å². The number of amidine groups is 1. The molecule has 0 bridgehead atoms. The van der Waals surface area contributed by atoms with Crippen LogP contribution in [-0.4, -0.2) is 70.9 Å². The predicted molar refractivity (Wildman–Crippen MR) is 146 cm³/mol. The van der Waals surface area contributed by atoms with Crippen molar-refractivity contribution >= 4 is 61.4 Å². The summed E-state index contributed by atoms with van der Waals surface area (Å²) in [5.41, 5.74) is 0.605. The number of amides is 1. The van der Waals surface area contributed by atoms with Crippen LogP contribution in [0.2, 0.25) is 5.02 Å². The number of aliphatic imine (C=N–C) groups is 1. The number of sulfonamides is 1. The molecule has 0 N–H and O–H groups in total. The highest BCUT2D eigenvalue weighted by atomic mass is 35.5. The molecule has 1 saturated heterocycles. The molecule has 0 spiro atoms. The number of thioether (sulfide) groups is 1. The van der Waals surface area contributed by atoms with Gasteiger partial charge in [-0.25, -0.2) is 12.7 Å². The summed E-state index contributed by atoms with van der Waals surface area (Å²) in [5, 5.41) is 5.53. The molecule has 39 heavy (non-hydrogen) atoms. The SMILES string of the molecule is CS(=O)(=O)N1CCCN(C2=NC(=O)C(=Cc3ccc4c(cnn4Cc4ccc(Cl)cc4C(F)(F)F)c3)S2)CC1. The van der Waals surface area contributed by atoms with Crippen molar-refractivity contribution in [2.45, 2.75) is 19.1 Å². The Morgan fingerprint density at radius 3 is 2.64 bits per heavy atom. The number of alkyl halides is 3. The molecule has 1 aromatic heterocycles. The third-order valence-electron chi connectivity index (χ3n) is 6.46. The Morgan fingerprint density at radius 1 is 1.10 bits per heavy atom. The normalized spacial score (nSPS) is 18.7. The number of carbonyl (C=O) groups excluding carboxylic acids is 1. The van der Waals surface area contributed by atoms with E-state index in [1.54, 1.807) is 30.5 Å². The van der Waals surface area contributed by atoms with Crippen LogP contribution in [0, 0.1) is 0 Å². The molecule has 8 nitrogen and oxygen atoms in total. The van der Waals surface area contributed by atoms with Gasteiger partial charge >= 0.3 is 6.18 Å². The third-order valence-corrected chi connectivity index (χ3v) is 9.05. The van der Waals surface area contributed by atoms with E-state index in [1.165, 1.54) is 39.1 Å². The van der Waals surface area contributed by atoms with E-state index in [0.29, 0.717) is 53.6 Å². The van der Waals surface area contributed by atoms with Gasteiger partial charge < -0.3 is 4.90 Å². The lowest BCUT2D eigenvalue weighted by Gasteiger charge is -2.21. The first-order chi connectivity index (χ1) is 18.4. The van der Waals surface area contributed by atoms with Crippen LogP contribution >= 0.6 is 23.4 Å². The van der Waals surface area contributed by atoms with Gasteiger partial charge in [0.15, 0.2) is 5.17 Å². The van der Waals surface area contributed by atoms with Gasteiger partial charge in [0.1, 0.15) is 0 Å². The second-order valence-electron chi connectivity index (χ2n) is 9.23. The summed E-state index contributed by atoms with van der Waals surface area (Å²) in [6, 6.07) is 9.00. The number of aromatic nitrogens is 2. The number of hydrogen-bond acceptors (Lipinski definition) is 6. The van der Waals surface area contributed by atoms with Crippen LogP contribution in [0.15, 0.2) is 52.5 Å². The zero-order valence-corrected chi connectivity index (χ0v) is 23.0. The van der Waals surface area contributed by atoms with Crippen molar-refractivity contribution in [3.05, 3.63) is 69.2 Å². The summed E-state index contributed by atoms with van der Waals surface area (Å²) in [4.78, 5) is 19.2. The van der Waals surface area contributed by atoms with Crippen LogP contribution in [0.25, 0.3) is 17.0 Å². The Morgan fingerprint density at radius 2 is 1.90 bits per heavy atom. The van der Waals surface area contributed by atoms with Gasteiger partial charge in [0, 0.05) is 36.6 Å². The number of halogens is 4. The highest BCUT2D eigenvalue weighted by molar-refractivity contribution is 8.18. The smallest absolute Gasteiger partial charge is 0.349 e. The van der Waals surface area contributed by atoms with Gasteiger partial charge in [0.25, 0.3) is 5.91 Å². The minimum Gasteiger partial charge on any atom is -0.349 e. The van der Waals surface area contributed by atoms with E-state index in [9.17, 15) is 26.4 Å². The maximum Gasteiger partial charge on any atom is 0.416 e. The number of fused-ring (bicyclic) bond motifs is 1. The summed E-state index contributed by atoms with van der Waals surface area (Å²) in [6.07, 6.45) is 0.544. The van der Waals surface area contributed by atoms with Gasteiger partial charge in [-0.05, 0) is 59.7 Å². The summed E-state index contributed by atoms with van der Waals surface area (Å²) < 4.78 is 67.2. The van der Waals surface area contributed by atoms with Crippen LogP contribution in [0.4, 0.5) is 13.2 Å². The molecule has 0 radical (unpaired) electrons. The fraction of sp³-hybridized carbons (Fsp3) is 0.320. The maximum atomic E-state index is 13.5. The Hall–Kier alpha value is -2.87. The van der Waals surface area contributed by atoms with Crippen LogP contribution in [0.1, 0.15) is 23.1 Å². The first-order valence-corrected chi connectivity index (χ1v) is 15.0. The van der Waals surface area contributed by atoms with Gasteiger partial charge in [-0.15, -0.1) is 0 Å². The molecule has 5 rings (SSSR count). The number of carbonyl (C=O) groups is 1. The van der Waals surface area contributed by atoms with Crippen molar-refractivity contribution in [3.63, 3.8) is 0 Å². The summed E-state index contributed by atoms with van der Waals surface area (Å²) >= 11 is 7.03. The quantitative estimate of drug-likeness (QED) is 0.406. The third kappa shape index (κ3) is 6.16. The zero-order chi connectivity index (χ0) is 27.9. The molecule has 1 fully saturated rings. The lowest BCUT2D eigenvalue weighted by atomic mass is 10.1. The molecule has 2 aliphatic heterocycles. The van der Waals surface area contributed by atoms with Crippen molar-refractivity contribution in [2.75, 3.05) is 32.4 Å². The van der Waals surface area contributed by atoms with E-state index >= 15 is 0 Å². The monoisotopic (exact) mass is 597 g/mol. The molecule has 0 unspecified atom stereocenters. The van der Waals surface area contributed by atoms with E-state index in [4.69, 9.17) is 11.6 Å². The van der Waals surface area contributed by atoms with E-state index < -0.39 is 21.8 Å². The standard InChI is InChI=1S/C25H23ClF3N5O3S2/c1-39(36,37)33-8-2-7-32(9-10-33)24-31-23(35)22(38-24)12-16-3-6-21-18(11-16)14-30-34(21)15-17-4-5-19(26)13-20(17)25(27,28)29/h3-6,11-14H,2,7-10,15H2,1H3. The minimum atomic E-state index is -4.55. The Kier molecular flexibility index (Phi) is 7.53. The van der Waals surface area contributed by atoms with Gasteiger partial charge in [0.05, 0.1) is 35.0 Å². The lowest BCUT2D eigenvalue weighted by Crippen LogP contribution is -2.35. The highest BCUT2D eigenvalue weighted by Gasteiger charge is 2.34. The summed E-state index contributed by atoms with van der Waals surface area (Å²) in [6.45, 7) is 1.69. The fourth-order valence-corrected chi connectivity index (χ4v) is 6.55. The average Bonchev–Trinajstić information content (AvgIpc) is 3.30. The van der Waals surface area contributed by atoms with Gasteiger partial charge in [-0.2, -0.15) is 23.3 Å². The number of benzene rings is 2. The van der Waals surface area contributed by atoms with Crippen LogP contribution in [0.3, 0.4) is 0 Å². The molecular weight excluding hydrogens is 575 g/mol. The predicted octanol–water partition coefficient (Wildman–Crippen LogP) is 4.69. The van der Waals surface area contributed by atoms with Crippen LogP contribution in [0.5, 0.6) is 0 Å². The van der Waals surface area contributed by atoms with Crippen molar-refractivity contribution in [1.82, 2.24) is 19.0 Å². The van der Waals surface area contributed by atoms with Crippen molar-refractivity contribution in [1.29, 1.82) is 0 Å². The first kappa shape index (κ1) is 27.7. The molecule has 3 aromatic rings. The molecule has 0 atom stereocenters. The van der Waals surface area contributed by atoms with Gasteiger partial charge in [-0.1, -0.05) is 23.7 Å². The Balaban J connectivity index is 1.32. The molecule has 14 heteroatoms. The summed E-state index contributed by atoms with van der Waals surface area (Å²) in [7, 11) is -3.28. The molecular formula is C25H23ClF3N5O3S2. The molecule has 1 amide bonds. The number of nitrogens with zero attached hydrogens (tertiary/aromatic N) is 5. The van der Waals surface area contributed by atoms with E-state index in [1.807, 2.05) is 4.90 Å². The molecule has 2 aromatic carbocycles. The lowest BCUT2D eigenvalue weighted by molar-refractivity contribution is -0.138. The van der Waals surface area contributed by atoms with E-state index in [2.05, 4.69) is 10.1 Å². The Labute approximate surface area is 232 Å². The van der Waals surface area contributed by atoms with Crippen molar-refractivity contribution < 1.29 is 26.4 Å². The maximum absolute atomic E-state index is 13.5. The average molecular weight is 598 g/mol. The minimum absolute atomic E-state index is 0.00673. The first-order valence-electron chi connectivity index (χ1n) is 11.9. The number of hydrogen-bond donors (Lipinski definition) is 0. The molecule has 2 aliphatic rings. The van der Waals surface area contributed by atoms with Crippen molar-refractivity contribution in [3.8, 4) is 0 Å². The van der Waals surface area contributed by atoms with Crippen LogP contribution < -0.4 is 0 Å². The van der Waals surface area contributed by atoms with Crippen molar-refractivity contribution in [2.24, 2.45) is 4.99 Å². The second-order valence-corrected chi connectivity index (χ2v) is 12.7. The Bertz CT molecular complexity index is 1620. The second kappa shape index (κ2) is 10.6. The summed E-state index contributed by atoms with van der Waals surface area (Å²) in [5.74, 6) is -0.377. The molecule has 0 aliphatic carbocycles. The fourth-order valence-electron chi connectivity index (χ4n) is 4.53.